The number of rotatable bonds is 4. The fourth-order valence-corrected chi connectivity index (χ4v) is 3.44. The largest absolute Gasteiger partial charge is 0.354 e. The number of aromatic nitrogens is 1. The second kappa shape index (κ2) is 6.41. The van der Waals surface area contributed by atoms with E-state index < -0.39 is 0 Å². The standard InChI is InChI=1S/C15H18N4O2S/c1-18(15(21)10-19-7-6-16-13(20)8-19)9-14-17-11-4-2-3-5-12(11)22-14/h2-5H,6-10H2,1H3,(H,16,20). The molecule has 6 nitrogen and oxygen atoms in total. The minimum atomic E-state index is -0.0205. The molecule has 0 bridgehead atoms. The van der Waals surface area contributed by atoms with E-state index in [1.54, 1.807) is 23.3 Å². The van der Waals surface area contributed by atoms with Crippen LogP contribution in [0.15, 0.2) is 24.3 Å². The van der Waals surface area contributed by atoms with Crippen molar-refractivity contribution < 1.29 is 9.59 Å². The normalized spacial score (nSPS) is 15.8. The first-order chi connectivity index (χ1) is 10.6. The molecule has 2 amide bonds. The fraction of sp³-hybridized carbons (Fsp3) is 0.400. The van der Waals surface area contributed by atoms with Crippen molar-refractivity contribution in [3.8, 4) is 0 Å². The van der Waals surface area contributed by atoms with Crippen LogP contribution in [-0.4, -0.2) is 59.8 Å². The third kappa shape index (κ3) is 3.42. The third-order valence-corrected chi connectivity index (χ3v) is 4.63. The lowest BCUT2D eigenvalue weighted by Crippen LogP contribution is -2.50. The van der Waals surface area contributed by atoms with Crippen LogP contribution < -0.4 is 5.32 Å². The van der Waals surface area contributed by atoms with E-state index in [0.29, 0.717) is 26.2 Å². The van der Waals surface area contributed by atoms with Crippen LogP contribution >= 0.6 is 11.3 Å². The smallest absolute Gasteiger partial charge is 0.236 e. The van der Waals surface area contributed by atoms with Gasteiger partial charge in [0.2, 0.25) is 11.8 Å². The Morgan fingerprint density at radius 1 is 1.45 bits per heavy atom. The van der Waals surface area contributed by atoms with Crippen molar-refractivity contribution in [3.05, 3.63) is 29.3 Å². The fourth-order valence-electron chi connectivity index (χ4n) is 2.42. The number of nitrogens with one attached hydrogen (secondary N) is 1. The number of thiazole rings is 1. The summed E-state index contributed by atoms with van der Waals surface area (Å²) >= 11 is 1.61. The van der Waals surface area contributed by atoms with Crippen molar-refractivity contribution in [3.63, 3.8) is 0 Å². The van der Waals surface area contributed by atoms with Gasteiger partial charge in [0.15, 0.2) is 0 Å². The number of amides is 2. The number of benzene rings is 1. The number of piperazine rings is 1. The molecule has 0 aliphatic carbocycles. The molecule has 3 rings (SSSR count). The molecule has 2 heterocycles. The summed E-state index contributed by atoms with van der Waals surface area (Å²) in [6, 6.07) is 7.96. The molecule has 1 aliphatic heterocycles. The maximum Gasteiger partial charge on any atom is 0.236 e. The predicted octanol–water partition coefficient (Wildman–Crippen LogP) is 0.686. The highest BCUT2D eigenvalue weighted by Gasteiger charge is 2.20. The summed E-state index contributed by atoms with van der Waals surface area (Å²) in [5.41, 5.74) is 0.969. The molecule has 116 valence electrons. The van der Waals surface area contributed by atoms with E-state index in [1.807, 2.05) is 29.2 Å². The highest BCUT2D eigenvalue weighted by atomic mass is 32.1. The molecule has 22 heavy (non-hydrogen) atoms. The van der Waals surface area contributed by atoms with E-state index in [4.69, 9.17) is 0 Å². The summed E-state index contributed by atoms with van der Waals surface area (Å²) in [7, 11) is 1.78. The lowest BCUT2D eigenvalue weighted by molar-refractivity contribution is -0.133. The van der Waals surface area contributed by atoms with Crippen LogP contribution in [-0.2, 0) is 16.1 Å². The van der Waals surface area contributed by atoms with Crippen LogP contribution in [0.25, 0.3) is 10.2 Å². The minimum Gasteiger partial charge on any atom is -0.354 e. The van der Waals surface area contributed by atoms with Crippen molar-refractivity contribution in [2.45, 2.75) is 6.54 Å². The average Bonchev–Trinajstić information content (AvgIpc) is 2.89. The zero-order valence-corrected chi connectivity index (χ0v) is 13.2. The second-order valence-corrected chi connectivity index (χ2v) is 6.50. The van der Waals surface area contributed by atoms with Gasteiger partial charge in [0.1, 0.15) is 5.01 Å². The van der Waals surface area contributed by atoms with Gasteiger partial charge in [-0.2, -0.15) is 0 Å². The number of hydrogen-bond donors (Lipinski definition) is 1. The van der Waals surface area contributed by atoms with Gasteiger partial charge in [-0.1, -0.05) is 12.1 Å². The van der Waals surface area contributed by atoms with E-state index in [1.165, 1.54) is 0 Å². The van der Waals surface area contributed by atoms with Crippen LogP contribution in [0.5, 0.6) is 0 Å². The molecule has 1 fully saturated rings. The number of para-hydroxylation sites is 1. The summed E-state index contributed by atoms with van der Waals surface area (Å²) in [4.78, 5) is 31.7. The van der Waals surface area contributed by atoms with Crippen molar-refractivity contribution in [1.29, 1.82) is 0 Å². The summed E-state index contributed by atoms with van der Waals surface area (Å²) in [6.07, 6.45) is 0. The molecule has 0 radical (unpaired) electrons. The van der Waals surface area contributed by atoms with E-state index in [-0.39, 0.29) is 18.4 Å². The summed E-state index contributed by atoms with van der Waals surface area (Å²) < 4.78 is 1.13. The Morgan fingerprint density at radius 3 is 3.05 bits per heavy atom. The maximum absolute atomic E-state index is 12.3. The molecule has 1 saturated heterocycles. The SMILES string of the molecule is CN(Cc1nc2ccccc2s1)C(=O)CN1CCNC(=O)C1. The van der Waals surface area contributed by atoms with Gasteiger partial charge in [-0.05, 0) is 12.1 Å². The molecule has 0 spiro atoms. The van der Waals surface area contributed by atoms with Gasteiger partial charge in [-0.25, -0.2) is 4.98 Å². The van der Waals surface area contributed by atoms with Crippen LogP contribution in [0.3, 0.4) is 0 Å². The molecule has 1 aromatic heterocycles. The molecule has 7 heteroatoms. The van der Waals surface area contributed by atoms with E-state index in [2.05, 4.69) is 10.3 Å². The minimum absolute atomic E-state index is 0.00829. The number of likely N-dealkylation sites (N-methyl/N-ethyl adjacent to an activating group) is 1. The number of hydrogen-bond acceptors (Lipinski definition) is 5. The van der Waals surface area contributed by atoms with Gasteiger partial charge in [-0.15, -0.1) is 11.3 Å². The van der Waals surface area contributed by atoms with Crippen LogP contribution in [0.4, 0.5) is 0 Å². The molecule has 0 saturated carbocycles. The van der Waals surface area contributed by atoms with Gasteiger partial charge < -0.3 is 10.2 Å². The first-order valence-electron chi connectivity index (χ1n) is 7.19. The highest BCUT2D eigenvalue weighted by Crippen LogP contribution is 2.22. The number of carbonyl (C=O) groups excluding carboxylic acids is 2. The number of carbonyl (C=O) groups is 2. The van der Waals surface area contributed by atoms with Crippen molar-refractivity contribution >= 4 is 33.4 Å². The van der Waals surface area contributed by atoms with Crippen LogP contribution in [0.1, 0.15) is 5.01 Å². The monoisotopic (exact) mass is 318 g/mol. The van der Waals surface area contributed by atoms with Crippen molar-refractivity contribution in [1.82, 2.24) is 20.1 Å². The summed E-state index contributed by atoms with van der Waals surface area (Å²) in [5.74, 6) is -0.0122. The Hall–Kier alpha value is -1.99. The molecule has 0 unspecified atom stereocenters. The van der Waals surface area contributed by atoms with Gasteiger partial charge in [0.25, 0.3) is 0 Å². The zero-order chi connectivity index (χ0) is 15.5. The van der Waals surface area contributed by atoms with Crippen molar-refractivity contribution in [2.24, 2.45) is 0 Å². The van der Waals surface area contributed by atoms with Gasteiger partial charge in [-0.3, -0.25) is 14.5 Å². The average molecular weight is 318 g/mol. The predicted molar refractivity (Wildman–Crippen MR) is 85.5 cm³/mol. The third-order valence-electron chi connectivity index (χ3n) is 3.61. The molecule has 0 atom stereocenters. The topological polar surface area (TPSA) is 65.5 Å². The number of nitrogens with zero attached hydrogens (tertiary/aromatic N) is 3. The van der Waals surface area contributed by atoms with E-state index >= 15 is 0 Å². The Bertz CT molecular complexity index is 667. The lowest BCUT2D eigenvalue weighted by atomic mass is 10.3. The van der Waals surface area contributed by atoms with E-state index in [9.17, 15) is 9.59 Å². The van der Waals surface area contributed by atoms with Gasteiger partial charge >= 0.3 is 0 Å². The van der Waals surface area contributed by atoms with E-state index in [0.717, 1.165) is 15.2 Å². The van der Waals surface area contributed by atoms with Gasteiger partial charge in [0, 0.05) is 20.1 Å². The first-order valence-corrected chi connectivity index (χ1v) is 8.01. The summed E-state index contributed by atoms with van der Waals surface area (Å²) in [6.45, 7) is 2.38. The Labute approximate surface area is 132 Å². The molecule has 1 aliphatic rings. The molecule has 1 N–H and O–H groups in total. The highest BCUT2D eigenvalue weighted by molar-refractivity contribution is 7.18. The second-order valence-electron chi connectivity index (χ2n) is 5.39. The lowest BCUT2D eigenvalue weighted by Gasteiger charge is -2.27. The molecule has 2 aromatic rings. The number of fused-ring (bicyclic) bond motifs is 1. The first kappa shape index (κ1) is 14.9. The molecular formula is C15H18N4O2S. The summed E-state index contributed by atoms with van der Waals surface area (Å²) in [5, 5.41) is 3.68. The molecular weight excluding hydrogens is 300 g/mol. The zero-order valence-electron chi connectivity index (χ0n) is 12.4. The van der Waals surface area contributed by atoms with Crippen molar-refractivity contribution in [2.75, 3.05) is 33.2 Å². The Kier molecular flexibility index (Phi) is 4.35. The van der Waals surface area contributed by atoms with Gasteiger partial charge in [0.05, 0.1) is 29.9 Å². The Morgan fingerprint density at radius 2 is 2.27 bits per heavy atom. The molecule has 1 aromatic carbocycles. The maximum atomic E-state index is 12.3. The van der Waals surface area contributed by atoms with Crippen LogP contribution in [0, 0.1) is 0 Å². The van der Waals surface area contributed by atoms with Crippen LogP contribution in [0.2, 0.25) is 0 Å². The quantitative estimate of drug-likeness (QED) is 0.901. The Balaban J connectivity index is 1.59.